The van der Waals surface area contributed by atoms with Crippen LogP contribution in [0.2, 0.25) is 0 Å². The number of anilines is 1. The Labute approximate surface area is 118 Å². The van der Waals surface area contributed by atoms with Gasteiger partial charge >= 0.3 is 0 Å². The van der Waals surface area contributed by atoms with E-state index in [1.807, 2.05) is 11.7 Å². The van der Waals surface area contributed by atoms with Crippen molar-refractivity contribution in [2.24, 2.45) is 13.0 Å². The van der Waals surface area contributed by atoms with Crippen molar-refractivity contribution in [3.8, 4) is 0 Å². The van der Waals surface area contributed by atoms with Gasteiger partial charge in [-0.05, 0) is 32.7 Å². The van der Waals surface area contributed by atoms with E-state index in [-0.39, 0.29) is 0 Å². The summed E-state index contributed by atoms with van der Waals surface area (Å²) in [5, 5.41) is 8.08. The molecule has 1 aromatic rings. The minimum Gasteiger partial charge on any atom is -0.357 e. The molecule has 0 fully saturated rings. The Kier molecular flexibility index (Phi) is 5.85. The first-order valence-electron chi connectivity index (χ1n) is 7.36. The van der Waals surface area contributed by atoms with Crippen LogP contribution < -0.4 is 10.2 Å². The molecule has 1 atom stereocenters. The van der Waals surface area contributed by atoms with E-state index in [1.165, 1.54) is 11.4 Å². The molecule has 1 rings (SSSR count). The van der Waals surface area contributed by atoms with Gasteiger partial charge in [-0.3, -0.25) is 4.68 Å². The molecule has 0 aliphatic rings. The van der Waals surface area contributed by atoms with Crippen LogP contribution in [0, 0.1) is 12.8 Å². The second-order valence-electron chi connectivity index (χ2n) is 5.78. The average molecular weight is 266 g/mol. The van der Waals surface area contributed by atoms with Gasteiger partial charge < -0.3 is 10.2 Å². The van der Waals surface area contributed by atoms with Crippen molar-refractivity contribution in [3.05, 3.63) is 11.3 Å². The minimum atomic E-state index is 0.500. The zero-order valence-corrected chi connectivity index (χ0v) is 13.6. The minimum absolute atomic E-state index is 0.500. The van der Waals surface area contributed by atoms with Crippen molar-refractivity contribution in [2.75, 3.05) is 18.5 Å². The fraction of sp³-hybridized carbons (Fsp3) is 0.800. The van der Waals surface area contributed by atoms with E-state index in [0.717, 1.165) is 25.2 Å². The highest BCUT2D eigenvalue weighted by atomic mass is 15.4. The maximum Gasteiger partial charge on any atom is 0.131 e. The van der Waals surface area contributed by atoms with E-state index in [9.17, 15) is 0 Å². The van der Waals surface area contributed by atoms with Crippen LogP contribution in [0.25, 0.3) is 0 Å². The summed E-state index contributed by atoms with van der Waals surface area (Å²) in [6, 6.07) is 0.500. The molecule has 19 heavy (non-hydrogen) atoms. The van der Waals surface area contributed by atoms with Crippen LogP contribution in [-0.4, -0.2) is 29.4 Å². The summed E-state index contributed by atoms with van der Waals surface area (Å²) in [7, 11) is 4.21. The van der Waals surface area contributed by atoms with Gasteiger partial charge in [0.25, 0.3) is 0 Å². The van der Waals surface area contributed by atoms with E-state index in [4.69, 9.17) is 0 Å². The Bertz CT molecular complexity index is 395. The summed E-state index contributed by atoms with van der Waals surface area (Å²) < 4.78 is 2.01. The highest BCUT2D eigenvalue weighted by Gasteiger charge is 2.21. The van der Waals surface area contributed by atoms with Gasteiger partial charge in [-0.25, -0.2) is 0 Å². The third-order valence-corrected chi connectivity index (χ3v) is 3.95. The average Bonchev–Trinajstić information content (AvgIpc) is 2.62. The molecule has 1 heterocycles. The van der Waals surface area contributed by atoms with Crippen molar-refractivity contribution in [2.45, 2.75) is 53.6 Å². The third-order valence-electron chi connectivity index (χ3n) is 3.95. The molecule has 0 radical (unpaired) electrons. The topological polar surface area (TPSA) is 33.1 Å². The van der Waals surface area contributed by atoms with Gasteiger partial charge in [-0.1, -0.05) is 20.8 Å². The number of nitrogens with one attached hydrogen (secondary N) is 1. The molecule has 0 aliphatic carbocycles. The number of hydrogen-bond acceptors (Lipinski definition) is 3. The summed E-state index contributed by atoms with van der Waals surface area (Å²) in [6.07, 6.45) is 1.16. The Morgan fingerprint density at radius 1 is 1.32 bits per heavy atom. The lowest BCUT2D eigenvalue weighted by atomic mass is 10.0. The molecule has 4 nitrogen and oxygen atoms in total. The van der Waals surface area contributed by atoms with Gasteiger partial charge in [-0.15, -0.1) is 0 Å². The lowest BCUT2D eigenvalue weighted by Crippen LogP contribution is -2.35. The van der Waals surface area contributed by atoms with Crippen molar-refractivity contribution < 1.29 is 0 Å². The number of aryl methyl sites for hydroxylation is 2. The van der Waals surface area contributed by atoms with Gasteiger partial charge in [0.05, 0.1) is 5.69 Å². The molecular formula is C15H30N4. The zero-order valence-electron chi connectivity index (χ0n) is 13.6. The van der Waals surface area contributed by atoms with Crippen molar-refractivity contribution in [1.82, 2.24) is 15.1 Å². The first-order chi connectivity index (χ1) is 8.90. The van der Waals surface area contributed by atoms with Crippen LogP contribution in [0.15, 0.2) is 0 Å². The van der Waals surface area contributed by atoms with Gasteiger partial charge in [-0.2, -0.15) is 5.10 Å². The number of aromatic nitrogens is 2. The van der Waals surface area contributed by atoms with Gasteiger partial charge in [0.1, 0.15) is 5.82 Å². The van der Waals surface area contributed by atoms with Crippen LogP contribution in [-0.2, 0) is 13.6 Å². The van der Waals surface area contributed by atoms with Crippen molar-refractivity contribution in [3.63, 3.8) is 0 Å². The Morgan fingerprint density at radius 3 is 2.47 bits per heavy atom. The summed E-state index contributed by atoms with van der Waals surface area (Å²) in [5.41, 5.74) is 2.45. The predicted molar refractivity (Wildman–Crippen MR) is 82.6 cm³/mol. The largest absolute Gasteiger partial charge is 0.357 e. The quantitative estimate of drug-likeness (QED) is 0.770. The summed E-state index contributed by atoms with van der Waals surface area (Å²) >= 11 is 0. The molecule has 0 saturated carbocycles. The first-order valence-corrected chi connectivity index (χ1v) is 7.36. The molecule has 0 saturated heterocycles. The molecule has 4 heteroatoms. The summed E-state index contributed by atoms with van der Waals surface area (Å²) in [5.74, 6) is 1.86. The molecule has 0 aliphatic heterocycles. The number of hydrogen-bond donors (Lipinski definition) is 1. The molecular weight excluding hydrogens is 236 g/mol. The molecule has 0 spiro atoms. The van der Waals surface area contributed by atoms with E-state index in [0.29, 0.717) is 12.0 Å². The van der Waals surface area contributed by atoms with E-state index in [2.05, 4.69) is 57.0 Å². The van der Waals surface area contributed by atoms with E-state index in [1.54, 1.807) is 0 Å². The van der Waals surface area contributed by atoms with Gasteiger partial charge in [0.15, 0.2) is 0 Å². The van der Waals surface area contributed by atoms with Gasteiger partial charge in [0.2, 0.25) is 0 Å². The number of rotatable bonds is 7. The predicted octanol–water partition coefficient (Wildman–Crippen LogP) is 2.71. The third kappa shape index (κ3) is 3.72. The lowest BCUT2D eigenvalue weighted by molar-refractivity contribution is 0.495. The standard InChI is InChI=1S/C15H30N4/c1-8-9-16-10-14-12(4)17-19(7)15(14)18(6)13(5)11(2)3/h11,13,16H,8-10H2,1-7H3. The fourth-order valence-electron chi connectivity index (χ4n) is 2.37. The molecule has 1 unspecified atom stereocenters. The Balaban J connectivity index is 2.98. The molecule has 1 N–H and O–H groups in total. The van der Waals surface area contributed by atoms with Crippen molar-refractivity contribution >= 4 is 5.82 Å². The van der Waals surface area contributed by atoms with Crippen LogP contribution in [0.1, 0.15) is 45.4 Å². The summed E-state index contributed by atoms with van der Waals surface area (Å²) in [4.78, 5) is 2.35. The second kappa shape index (κ2) is 6.94. The second-order valence-corrected chi connectivity index (χ2v) is 5.78. The summed E-state index contributed by atoms with van der Waals surface area (Å²) in [6.45, 7) is 13.0. The fourth-order valence-corrected chi connectivity index (χ4v) is 2.37. The lowest BCUT2D eigenvalue weighted by Gasteiger charge is -2.30. The Morgan fingerprint density at radius 2 is 1.95 bits per heavy atom. The van der Waals surface area contributed by atoms with E-state index < -0.39 is 0 Å². The maximum absolute atomic E-state index is 4.59. The van der Waals surface area contributed by atoms with Crippen LogP contribution >= 0.6 is 0 Å². The highest BCUT2D eigenvalue weighted by molar-refractivity contribution is 5.50. The normalized spacial score (nSPS) is 13.1. The monoisotopic (exact) mass is 266 g/mol. The first kappa shape index (κ1) is 16.0. The number of nitrogens with zero attached hydrogens (tertiary/aromatic N) is 3. The molecule has 110 valence electrons. The molecule has 0 bridgehead atoms. The SMILES string of the molecule is CCCNCc1c(C)nn(C)c1N(C)C(C)C(C)C. The van der Waals surface area contributed by atoms with E-state index >= 15 is 0 Å². The van der Waals surface area contributed by atoms with Crippen molar-refractivity contribution in [1.29, 1.82) is 0 Å². The van der Waals surface area contributed by atoms with Crippen LogP contribution in [0.5, 0.6) is 0 Å². The van der Waals surface area contributed by atoms with Gasteiger partial charge in [0, 0.05) is 32.2 Å². The van der Waals surface area contributed by atoms with Crippen LogP contribution in [0.4, 0.5) is 5.82 Å². The highest BCUT2D eigenvalue weighted by Crippen LogP contribution is 2.25. The molecule has 0 amide bonds. The zero-order chi connectivity index (χ0) is 14.6. The van der Waals surface area contributed by atoms with Crippen LogP contribution in [0.3, 0.4) is 0 Å². The molecule has 0 aromatic carbocycles. The smallest absolute Gasteiger partial charge is 0.131 e. The Hall–Kier alpha value is -1.03. The molecule has 1 aromatic heterocycles. The maximum atomic E-state index is 4.59.